The van der Waals surface area contributed by atoms with Crippen LogP contribution in [-0.4, -0.2) is 39.5 Å². The van der Waals surface area contributed by atoms with E-state index in [4.69, 9.17) is 9.84 Å². The smallest absolute Gasteiger partial charge is 0.185 e. The van der Waals surface area contributed by atoms with Gasteiger partial charge in [0.05, 0.1) is 13.2 Å². The molecule has 0 spiro atoms. The summed E-state index contributed by atoms with van der Waals surface area (Å²) in [6, 6.07) is 24.4. The van der Waals surface area contributed by atoms with Crippen molar-refractivity contribution < 1.29 is 4.74 Å². The van der Waals surface area contributed by atoms with Gasteiger partial charge in [-0.05, 0) is 24.6 Å². The summed E-state index contributed by atoms with van der Waals surface area (Å²) < 4.78 is 7.99. The molecule has 140 valence electrons. The van der Waals surface area contributed by atoms with Crippen LogP contribution in [0, 0.1) is 0 Å². The predicted octanol–water partition coefficient (Wildman–Crippen LogP) is 3.54. The molecule has 0 aliphatic carbocycles. The number of hydrogen-bond acceptors (Lipinski definition) is 5. The molecule has 6 heteroatoms. The zero-order chi connectivity index (χ0) is 19.0. The van der Waals surface area contributed by atoms with Crippen molar-refractivity contribution in [2.45, 2.75) is 12.5 Å². The molecule has 6 nitrogen and oxygen atoms in total. The fourth-order valence-corrected chi connectivity index (χ4v) is 3.75. The second-order valence-electron chi connectivity index (χ2n) is 7.22. The van der Waals surface area contributed by atoms with Gasteiger partial charge in [-0.15, -0.1) is 15.3 Å². The van der Waals surface area contributed by atoms with Gasteiger partial charge >= 0.3 is 0 Å². The largest absolute Gasteiger partial charge is 0.367 e. The third-order valence-electron chi connectivity index (χ3n) is 5.26. The monoisotopic (exact) mass is 371 g/mol. The molecule has 3 heterocycles. The highest BCUT2D eigenvalue weighted by Gasteiger charge is 2.34. The highest BCUT2D eigenvalue weighted by atomic mass is 16.5. The fourth-order valence-electron chi connectivity index (χ4n) is 3.75. The van der Waals surface area contributed by atoms with Crippen molar-refractivity contribution in [2.24, 2.45) is 0 Å². The van der Waals surface area contributed by atoms with E-state index in [1.165, 1.54) is 5.56 Å². The Morgan fingerprint density at radius 3 is 2.43 bits per heavy atom. The summed E-state index contributed by atoms with van der Waals surface area (Å²) in [6.07, 6.45) is 0. The van der Waals surface area contributed by atoms with E-state index in [1.54, 1.807) is 0 Å². The van der Waals surface area contributed by atoms with Crippen molar-refractivity contribution in [1.82, 2.24) is 19.8 Å². The summed E-state index contributed by atoms with van der Waals surface area (Å²) in [5.41, 5.74) is 2.54. The molecule has 1 fully saturated rings. The van der Waals surface area contributed by atoms with E-state index in [0.29, 0.717) is 6.61 Å². The van der Waals surface area contributed by atoms with Gasteiger partial charge in [0.1, 0.15) is 11.4 Å². The van der Waals surface area contributed by atoms with E-state index in [9.17, 15) is 0 Å². The minimum Gasteiger partial charge on any atom is -0.367 e. The lowest BCUT2D eigenvalue weighted by atomic mass is 9.94. The Labute approximate surface area is 163 Å². The van der Waals surface area contributed by atoms with Crippen molar-refractivity contribution in [3.8, 4) is 11.4 Å². The third-order valence-corrected chi connectivity index (χ3v) is 5.26. The van der Waals surface area contributed by atoms with Crippen LogP contribution in [0.4, 0.5) is 5.82 Å². The highest BCUT2D eigenvalue weighted by molar-refractivity contribution is 5.59. The summed E-state index contributed by atoms with van der Waals surface area (Å²) in [4.78, 5) is 2.27. The molecule has 2 aromatic carbocycles. The average Bonchev–Trinajstić information content (AvgIpc) is 3.18. The molecule has 28 heavy (non-hydrogen) atoms. The van der Waals surface area contributed by atoms with Crippen LogP contribution in [0.1, 0.15) is 12.5 Å². The summed E-state index contributed by atoms with van der Waals surface area (Å²) in [5.74, 6) is 1.64. The highest BCUT2D eigenvalue weighted by Crippen LogP contribution is 2.31. The second-order valence-corrected chi connectivity index (χ2v) is 7.22. The summed E-state index contributed by atoms with van der Waals surface area (Å²) in [5, 5.41) is 13.5. The van der Waals surface area contributed by atoms with Gasteiger partial charge in [-0.3, -0.25) is 0 Å². The van der Waals surface area contributed by atoms with Crippen molar-refractivity contribution in [2.75, 3.05) is 24.6 Å². The Morgan fingerprint density at radius 2 is 1.64 bits per heavy atom. The first-order chi connectivity index (χ1) is 13.7. The molecule has 1 saturated heterocycles. The lowest BCUT2D eigenvalue weighted by molar-refractivity contribution is -0.0468. The van der Waals surface area contributed by atoms with Crippen LogP contribution in [0.15, 0.2) is 72.8 Å². The lowest BCUT2D eigenvalue weighted by Crippen LogP contribution is -2.48. The molecule has 2 aromatic heterocycles. The van der Waals surface area contributed by atoms with Crippen LogP contribution in [0.25, 0.3) is 17.0 Å². The van der Waals surface area contributed by atoms with Crippen molar-refractivity contribution >= 4 is 11.5 Å². The Hall–Kier alpha value is -3.25. The number of morpholine rings is 1. The molecule has 5 rings (SSSR count). The lowest BCUT2D eigenvalue weighted by Gasteiger charge is -2.41. The molecule has 0 radical (unpaired) electrons. The molecule has 0 bridgehead atoms. The third kappa shape index (κ3) is 2.92. The number of nitrogens with zero attached hydrogens (tertiary/aromatic N) is 5. The first-order valence-corrected chi connectivity index (χ1v) is 9.45. The average molecular weight is 371 g/mol. The summed E-state index contributed by atoms with van der Waals surface area (Å²) in [7, 11) is 0. The molecule has 1 atom stereocenters. The SMILES string of the molecule is CC1(c2ccccc2)CN(c2ccc3nnc(-c4ccccc4)n3n2)CCO1. The van der Waals surface area contributed by atoms with Crippen LogP contribution < -0.4 is 4.90 Å². The van der Waals surface area contributed by atoms with Crippen LogP contribution in [-0.2, 0) is 10.3 Å². The van der Waals surface area contributed by atoms with Gasteiger partial charge in [-0.2, -0.15) is 4.52 Å². The quantitative estimate of drug-likeness (QED) is 0.551. The molecule has 1 aliphatic heterocycles. The predicted molar refractivity (Wildman–Crippen MR) is 108 cm³/mol. The Bertz CT molecular complexity index is 1100. The van der Waals surface area contributed by atoms with Crippen molar-refractivity contribution in [3.05, 3.63) is 78.4 Å². The first kappa shape index (κ1) is 16.9. The van der Waals surface area contributed by atoms with Gasteiger partial charge in [-0.1, -0.05) is 60.7 Å². The van der Waals surface area contributed by atoms with Gasteiger partial charge in [0.15, 0.2) is 11.5 Å². The van der Waals surface area contributed by atoms with Crippen molar-refractivity contribution in [1.29, 1.82) is 0 Å². The standard InChI is InChI=1S/C22H21N5O/c1-22(18-10-6-3-7-11-18)16-26(14-15-28-22)20-13-12-19-23-24-21(27(19)25-20)17-8-4-2-5-9-17/h2-13H,14-16H2,1H3. The number of ether oxygens (including phenoxy) is 1. The fraction of sp³-hybridized carbons (Fsp3) is 0.227. The number of fused-ring (bicyclic) bond motifs is 1. The van der Waals surface area contributed by atoms with E-state index in [1.807, 2.05) is 53.0 Å². The maximum atomic E-state index is 6.17. The van der Waals surface area contributed by atoms with E-state index >= 15 is 0 Å². The number of rotatable bonds is 3. The van der Waals surface area contributed by atoms with Crippen LogP contribution in [0.2, 0.25) is 0 Å². The first-order valence-electron chi connectivity index (χ1n) is 9.45. The topological polar surface area (TPSA) is 55.6 Å². The number of hydrogen-bond donors (Lipinski definition) is 0. The van der Waals surface area contributed by atoms with E-state index in [0.717, 1.165) is 35.9 Å². The second kappa shape index (κ2) is 6.73. The molecule has 0 amide bonds. The minimum atomic E-state index is -0.369. The molecule has 0 saturated carbocycles. The Kier molecular flexibility index (Phi) is 4.06. The molecular weight excluding hydrogens is 350 g/mol. The normalized spacial score (nSPS) is 19.8. The maximum Gasteiger partial charge on any atom is 0.185 e. The minimum absolute atomic E-state index is 0.369. The summed E-state index contributed by atoms with van der Waals surface area (Å²) >= 11 is 0. The van der Waals surface area contributed by atoms with E-state index in [-0.39, 0.29) is 5.60 Å². The summed E-state index contributed by atoms with van der Waals surface area (Å²) in [6.45, 7) is 4.32. The van der Waals surface area contributed by atoms with Crippen LogP contribution in [0.5, 0.6) is 0 Å². The molecule has 4 aromatic rings. The van der Waals surface area contributed by atoms with Gasteiger partial charge in [-0.25, -0.2) is 0 Å². The molecule has 1 unspecified atom stereocenters. The van der Waals surface area contributed by atoms with Crippen molar-refractivity contribution in [3.63, 3.8) is 0 Å². The molecule has 0 N–H and O–H groups in total. The Balaban J connectivity index is 1.51. The number of benzene rings is 2. The number of aromatic nitrogens is 4. The zero-order valence-electron chi connectivity index (χ0n) is 15.7. The molecular formula is C22H21N5O. The van der Waals surface area contributed by atoms with Gasteiger partial charge in [0, 0.05) is 12.1 Å². The zero-order valence-corrected chi connectivity index (χ0v) is 15.7. The van der Waals surface area contributed by atoms with E-state index < -0.39 is 0 Å². The number of anilines is 1. The van der Waals surface area contributed by atoms with Crippen LogP contribution in [0.3, 0.4) is 0 Å². The van der Waals surface area contributed by atoms with Gasteiger partial charge in [0.25, 0.3) is 0 Å². The maximum absolute atomic E-state index is 6.17. The van der Waals surface area contributed by atoms with Crippen LogP contribution >= 0.6 is 0 Å². The Morgan fingerprint density at radius 1 is 0.893 bits per heavy atom. The van der Waals surface area contributed by atoms with Gasteiger partial charge < -0.3 is 9.64 Å². The molecule has 1 aliphatic rings. The van der Waals surface area contributed by atoms with E-state index in [2.05, 4.69) is 46.3 Å². The van der Waals surface area contributed by atoms with Gasteiger partial charge in [0.2, 0.25) is 0 Å².